The Morgan fingerprint density at radius 3 is 2.75 bits per heavy atom. The molecule has 108 valence electrons. The molecule has 1 aliphatic rings. The van der Waals surface area contributed by atoms with Crippen molar-refractivity contribution in [1.29, 1.82) is 0 Å². The van der Waals surface area contributed by atoms with Gasteiger partial charge in [0.25, 0.3) is 0 Å². The summed E-state index contributed by atoms with van der Waals surface area (Å²) in [5.74, 6) is -0.283. The zero-order chi connectivity index (χ0) is 14.9. The Labute approximate surface area is 118 Å². The molecular formula is C15H19NO4. The molecule has 1 aromatic rings. The molecule has 0 saturated heterocycles. The number of benzene rings is 1. The Morgan fingerprint density at radius 1 is 1.40 bits per heavy atom. The Morgan fingerprint density at radius 2 is 2.10 bits per heavy atom. The predicted octanol–water partition coefficient (Wildman–Crippen LogP) is 2.69. The molecule has 1 aromatic carbocycles. The van der Waals surface area contributed by atoms with E-state index in [9.17, 15) is 9.59 Å². The van der Waals surface area contributed by atoms with Crippen molar-refractivity contribution < 1.29 is 19.1 Å². The summed E-state index contributed by atoms with van der Waals surface area (Å²) in [5, 5.41) is 2.71. The van der Waals surface area contributed by atoms with Gasteiger partial charge in [-0.2, -0.15) is 0 Å². The summed E-state index contributed by atoms with van der Waals surface area (Å²) in [4.78, 5) is 23.1. The standard InChI is InChI=1S/C15H19NO4/c1-9-5-12-11(8-19-13(12)17)6-10(9)7-16-14(18)20-15(2,3)4/h5-6H,7-8H2,1-4H3,(H,16,18). The lowest BCUT2D eigenvalue weighted by molar-refractivity contribution is 0.0518. The van der Waals surface area contributed by atoms with Crippen molar-refractivity contribution in [1.82, 2.24) is 5.32 Å². The number of cyclic esters (lactones) is 1. The molecule has 0 aliphatic carbocycles. The molecule has 20 heavy (non-hydrogen) atoms. The van der Waals surface area contributed by atoms with E-state index in [-0.39, 0.29) is 5.97 Å². The molecule has 1 amide bonds. The first kappa shape index (κ1) is 14.4. The van der Waals surface area contributed by atoms with Crippen LogP contribution in [0.15, 0.2) is 12.1 Å². The first-order chi connectivity index (χ1) is 9.26. The molecule has 0 fully saturated rings. The molecule has 5 nitrogen and oxygen atoms in total. The molecule has 1 aliphatic heterocycles. The van der Waals surface area contributed by atoms with Crippen molar-refractivity contribution in [3.63, 3.8) is 0 Å². The minimum absolute atomic E-state index is 0.283. The Balaban J connectivity index is 2.04. The van der Waals surface area contributed by atoms with Crippen molar-refractivity contribution in [2.75, 3.05) is 0 Å². The summed E-state index contributed by atoms with van der Waals surface area (Å²) in [5.41, 5.74) is 2.86. The maximum atomic E-state index is 11.6. The van der Waals surface area contributed by atoms with Gasteiger partial charge in [-0.1, -0.05) is 0 Å². The number of fused-ring (bicyclic) bond motifs is 1. The maximum Gasteiger partial charge on any atom is 0.407 e. The largest absolute Gasteiger partial charge is 0.457 e. The first-order valence-corrected chi connectivity index (χ1v) is 6.52. The topological polar surface area (TPSA) is 64.6 Å². The minimum Gasteiger partial charge on any atom is -0.457 e. The summed E-state index contributed by atoms with van der Waals surface area (Å²) in [6.07, 6.45) is -0.454. The Bertz CT molecular complexity index is 558. The average Bonchev–Trinajstić information content (AvgIpc) is 2.66. The van der Waals surface area contributed by atoms with E-state index in [1.807, 2.05) is 33.8 Å². The number of ether oxygens (including phenoxy) is 2. The number of carbonyl (C=O) groups is 2. The zero-order valence-corrected chi connectivity index (χ0v) is 12.2. The second kappa shape index (κ2) is 5.15. The number of esters is 1. The molecular weight excluding hydrogens is 258 g/mol. The highest BCUT2D eigenvalue weighted by Crippen LogP contribution is 2.23. The molecule has 1 heterocycles. The lowest BCUT2D eigenvalue weighted by Crippen LogP contribution is -2.32. The summed E-state index contributed by atoms with van der Waals surface area (Å²) < 4.78 is 10.2. The van der Waals surface area contributed by atoms with Crippen LogP contribution >= 0.6 is 0 Å². The molecule has 0 spiro atoms. The van der Waals surface area contributed by atoms with E-state index < -0.39 is 11.7 Å². The molecule has 0 bridgehead atoms. The number of amides is 1. The fourth-order valence-corrected chi connectivity index (χ4v) is 2.01. The second-order valence-corrected chi connectivity index (χ2v) is 5.87. The van der Waals surface area contributed by atoms with E-state index in [2.05, 4.69) is 5.32 Å². The van der Waals surface area contributed by atoms with Crippen LogP contribution in [0.4, 0.5) is 4.79 Å². The predicted molar refractivity (Wildman–Crippen MR) is 73.4 cm³/mol. The van der Waals surface area contributed by atoms with Gasteiger partial charge in [0.15, 0.2) is 0 Å². The van der Waals surface area contributed by atoms with Gasteiger partial charge in [-0.25, -0.2) is 9.59 Å². The molecule has 0 unspecified atom stereocenters. The lowest BCUT2D eigenvalue weighted by Gasteiger charge is -2.20. The van der Waals surface area contributed by atoms with Gasteiger partial charge in [-0.15, -0.1) is 0 Å². The quantitative estimate of drug-likeness (QED) is 0.844. The van der Waals surface area contributed by atoms with Crippen LogP contribution in [0, 0.1) is 6.92 Å². The van der Waals surface area contributed by atoms with Gasteiger partial charge in [0.2, 0.25) is 0 Å². The van der Waals surface area contributed by atoms with E-state index in [1.54, 1.807) is 6.07 Å². The van der Waals surface area contributed by atoms with Gasteiger partial charge in [0, 0.05) is 12.1 Å². The average molecular weight is 277 g/mol. The highest BCUT2D eigenvalue weighted by Gasteiger charge is 2.22. The summed E-state index contributed by atoms with van der Waals surface area (Å²) in [7, 11) is 0. The summed E-state index contributed by atoms with van der Waals surface area (Å²) >= 11 is 0. The molecule has 1 N–H and O–H groups in total. The van der Waals surface area contributed by atoms with Crippen LogP contribution in [0.2, 0.25) is 0 Å². The molecule has 0 saturated carbocycles. The number of hydrogen-bond donors (Lipinski definition) is 1. The van der Waals surface area contributed by atoms with Gasteiger partial charge >= 0.3 is 12.1 Å². The van der Waals surface area contributed by atoms with E-state index in [0.29, 0.717) is 18.7 Å². The summed E-state index contributed by atoms with van der Waals surface area (Å²) in [6.45, 7) is 8.01. The molecule has 0 atom stereocenters. The van der Waals surface area contributed by atoms with Gasteiger partial charge < -0.3 is 14.8 Å². The van der Waals surface area contributed by atoms with Crippen molar-refractivity contribution >= 4 is 12.1 Å². The molecule has 0 radical (unpaired) electrons. The van der Waals surface area contributed by atoms with Crippen LogP contribution in [0.1, 0.15) is 47.8 Å². The van der Waals surface area contributed by atoms with Crippen LogP contribution in [0.5, 0.6) is 0 Å². The normalized spacial score (nSPS) is 13.7. The SMILES string of the molecule is Cc1cc2c(cc1CNC(=O)OC(C)(C)C)COC2=O. The van der Waals surface area contributed by atoms with Crippen molar-refractivity contribution in [2.24, 2.45) is 0 Å². The van der Waals surface area contributed by atoms with Gasteiger partial charge in [-0.05, 0) is 51.0 Å². The lowest BCUT2D eigenvalue weighted by atomic mass is 10.0. The van der Waals surface area contributed by atoms with Gasteiger partial charge in [0.05, 0.1) is 5.56 Å². The van der Waals surface area contributed by atoms with E-state index in [0.717, 1.165) is 16.7 Å². The smallest absolute Gasteiger partial charge is 0.407 e. The Hall–Kier alpha value is -2.04. The third-order valence-electron chi connectivity index (χ3n) is 2.96. The number of rotatable bonds is 2. The van der Waals surface area contributed by atoms with Crippen molar-refractivity contribution in [3.8, 4) is 0 Å². The highest BCUT2D eigenvalue weighted by atomic mass is 16.6. The van der Waals surface area contributed by atoms with Crippen molar-refractivity contribution in [3.05, 3.63) is 34.4 Å². The minimum atomic E-state index is -0.517. The molecule has 0 aromatic heterocycles. The van der Waals surface area contributed by atoms with Crippen LogP contribution in [0.25, 0.3) is 0 Å². The van der Waals surface area contributed by atoms with Crippen LogP contribution in [-0.4, -0.2) is 17.7 Å². The fourth-order valence-electron chi connectivity index (χ4n) is 2.01. The van der Waals surface area contributed by atoms with E-state index in [1.165, 1.54) is 0 Å². The van der Waals surface area contributed by atoms with Gasteiger partial charge in [-0.3, -0.25) is 0 Å². The van der Waals surface area contributed by atoms with Crippen LogP contribution < -0.4 is 5.32 Å². The van der Waals surface area contributed by atoms with E-state index in [4.69, 9.17) is 9.47 Å². The van der Waals surface area contributed by atoms with Crippen LogP contribution in [-0.2, 0) is 22.6 Å². The third kappa shape index (κ3) is 3.29. The second-order valence-electron chi connectivity index (χ2n) is 5.87. The first-order valence-electron chi connectivity index (χ1n) is 6.52. The fraction of sp³-hybridized carbons (Fsp3) is 0.467. The van der Waals surface area contributed by atoms with Crippen molar-refractivity contribution in [2.45, 2.75) is 46.4 Å². The molecule has 5 heteroatoms. The number of aryl methyl sites for hydroxylation is 1. The zero-order valence-electron chi connectivity index (χ0n) is 12.2. The third-order valence-corrected chi connectivity index (χ3v) is 2.96. The maximum absolute atomic E-state index is 11.6. The van der Waals surface area contributed by atoms with Gasteiger partial charge in [0.1, 0.15) is 12.2 Å². The van der Waals surface area contributed by atoms with E-state index >= 15 is 0 Å². The monoisotopic (exact) mass is 277 g/mol. The number of carbonyl (C=O) groups excluding carboxylic acids is 2. The highest BCUT2D eigenvalue weighted by molar-refractivity contribution is 5.93. The number of nitrogens with one attached hydrogen (secondary N) is 1. The van der Waals surface area contributed by atoms with Crippen LogP contribution in [0.3, 0.4) is 0 Å². The number of hydrogen-bond acceptors (Lipinski definition) is 4. The number of alkyl carbamates (subject to hydrolysis) is 1. The molecule has 2 rings (SSSR count). The Kier molecular flexibility index (Phi) is 3.70. The summed E-state index contributed by atoms with van der Waals surface area (Å²) in [6, 6.07) is 3.70.